The third-order valence-electron chi connectivity index (χ3n) is 22.2. The van der Waals surface area contributed by atoms with Crippen LogP contribution in [0.4, 0.5) is 0 Å². The molecule has 5 heterocycles. The van der Waals surface area contributed by atoms with E-state index in [0.29, 0.717) is 23.3 Å². The van der Waals surface area contributed by atoms with Crippen LogP contribution in [0.5, 0.6) is 0 Å². The molecule has 0 unspecified atom stereocenters. The van der Waals surface area contributed by atoms with Crippen LogP contribution in [0.15, 0.2) is 364 Å². The molecule has 0 aliphatic heterocycles. The Hall–Kier alpha value is -14.2. The standard InChI is InChI=1S/C100H66N8/c1-100(2)83-39-24-38-81(93(83)79-55-52-69(60-84(79)100)70-51-54-78-76-35-18-21-40-87(76)108(92(78)61-70)74-33-16-7-17-34-74)98-101-85(65-25-8-3-9-26-65)62-86(102-98)66-47-43-63(44-48-66)64-45-49-68(50-46-64)97-103-96(67-27-10-4-11-28-67)104-99(105-97)95-75(56-58-91-94(95)80-37-20-23-42-89(80)107(91)73-31-14-6-15-32-73)71-53-57-90-82(59-71)77-36-19-22-41-88(77)106(90)72-29-12-5-13-30-72/h3-62H,1-2H3. The van der Waals surface area contributed by atoms with Gasteiger partial charge in [0, 0.05) is 88.2 Å². The van der Waals surface area contributed by atoms with Crippen molar-refractivity contribution in [1.29, 1.82) is 0 Å². The second-order valence-electron chi connectivity index (χ2n) is 28.7. The van der Waals surface area contributed by atoms with Crippen LogP contribution in [0.2, 0.25) is 0 Å². The highest BCUT2D eigenvalue weighted by Crippen LogP contribution is 2.54. The first kappa shape index (κ1) is 62.4. The Morgan fingerprint density at radius 1 is 0.213 bits per heavy atom. The lowest BCUT2D eigenvalue weighted by Crippen LogP contribution is -2.15. The number of nitrogens with zero attached hydrogens (tertiary/aromatic N) is 8. The molecule has 506 valence electrons. The second-order valence-corrected chi connectivity index (χ2v) is 28.7. The van der Waals surface area contributed by atoms with Gasteiger partial charge >= 0.3 is 0 Å². The van der Waals surface area contributed by atoms with Gasteiger partial charge in [0.25, 0.3) is 0 Å². The van der Waals surface area contributed by atoms with Gasteiger partial charge in [-0.2, -0.15) is 0 Å². The predicted octanol–water partition coefficient (Wildman–Crippen LogP) is 25.3. The first-order valence-corrected chi connectivity index (χ1v) is 36.9. The summed E-state index contributed by atoms with van der Waals surface area (Å²) in [4.78, 5) is 27.5. The highest BCUT2D eigenvalue weighted by molar-refractivity contribution is 6.19. The van der Waals surface area contributed by atoms with Crippen molar-refractivity contribution in [2.45, 2.75) is 19.3 Å². The van der Waals surface area contributed by atoms with Crippen molar-refractivity contribution < 1.29 is 0 Å². The lowest BCUT2D eigenvalue weighted by molar-refractivity contribution is 0.660. The SMILES string of the molecule is CC1(C)c2cc(-c3ccc4c5ccccc5n(-c5ccccc5)c4c3)ccc2-c2c(-c3nc(-c4ccccc4)cc(-c4ccc(-c5ccc(-c6nc(-c7ccccc7)nc(-c7c(-c8ccc9c(c8)c8ccccc8n9-c8ccccc8)ccc8c7c7ccccc7n8-c7ccccc7)n6)cc5)cc4)n3)cccc21. The molecule has 0 fully saturated rings. The normalized spacial score (nSPS) is 12.4. The smallest absolute Gasteiger partial charge is 0.165 e. The third kappa shape index (κ3) is 10.2. The molecule has 0 bridgehead atoms. The molecule has 108 heavy (non-hydrogen) atoms. The number of rotatable bonds is 12. The van der Waals surface area contributed by atoms with Gasteiger partial charge in [0.15, 0.2) is 23.3 Å². The summed E-state index contributed by atoms with van der Waals surface area (Å²) in [6.45, 7) is 4.71. The quantitative estimate of drug-likeness (QED) is 0.122. The fourth-order valence-corrected chi connectivity index (χ4v) is 17.0. The van der Waals surface area contributed by atoms with Crippen LogP contribution in [0.3, 0.4) is 0 Å². The van der Waals surface area contributed by atoms with Crippen LogP contribution >= 0.6 is 0 Å². The monoisotopic (exact) mass is 1380 g/mol. The molecule has 8 nitrogen and oxygen atoms in total. The summed E-state index contributed by atoms with van der Waals surface area (Å²) in [6.07, 6.45) is 0. The highest BCUT2D eigenvalue weighted by atomic mass is 15.0. The van der Waals surface area contributed by atoms with E-state index in [1.807, 2.05) is 18.2 Å². The Bertz CT molecular complexity index is 6960. The van der Waals surface area contributed by atoms with Gasteiger partial charge in [-0.1, -0.05) is 287 Å². The molecule has 0 radical (unpaired) electrons. The van der Waals surface area contributed by atoms with E-state index in [4.69, 9.17) is 24.9 Å². The van der Waals surface area contributed by atoms with E-state index in [0.717, 1.165) is 122 Å². The van der Waals surface area contributed by atoms with Crippen molar-refractivity contribution in [2.75, 3.05) is 0 Å². The van der Waals surface area contributed by atoms with Gasteiger partial charge in [-0.05, 0) is 147 Å². The zero-order chi connectivity index (χ0) is 71.6. The fourth-order valence-electron chi connectivity index (χ4n) is 17.0. The number of benzene rings is 15. The minimum absolute atomic E-state index is 0.302. The molecule has 5 aromatic heterocycles. The minimum atomic E-state index is -0.302. The number of hydrogen-bond acceptors (Lipinski definition) is 5. The predicted molar refractivity (Wildman–Crippen MR) is 445 cm³/mol. The molecule has 1 aliphatic rings. The van der Waals surface area contributed by atoms with Gasteiger partial charge < -0.3 is 13.7 Å². The van der Waals surface area contributed by atoms with E-state index in [9.17, 15) is 0 Å². The average molecular weight is 1380 g/mol. The maximum atomic E-state index is 5.61. The largest absolute Gasteiger partial charge is 0.309 e. The minimum Gasteiger partial charge on any atom is -0.309 e. The van der Waals surface area contributed by atoms with Crippen LogP contribution in [-0.2, 0) is 5.41 Å². The molecule has 8 heteroatoms. The summed E-state index contributed by atoms with van der Waals surface area (Å²) < 4.78 is 7.13. The van der Waals surface area contributed by atoms with E-state index in [1.165, 1.54) is 60.6 Å². The van der Waals surface area contributed by atoms with E-state index in [1.54, 1.807) is 0 Å². The van der Waals surface area contributed by atoms with Crippen LogP contribution in [0.1, 0.15) is 25.0 Å². The Balaban J connectivity index is 0.653. The lowest BCUT2D eigenvalue weighted by Gasteiger charge is -2.22. The molecule has 21 rings (SSSR count). The van der Waals surface area contributed by atoms with Gasteiger partial charge in [-0.3, -0.25) is 0 Å². The molecule has 0 amide bonds. The Labute approximate surface area is 624 Å². The molecular formula is C100H66N8. The molecule has 0 saturated carbocycles. The van der Waals surface area contributed by atoms with Gasteiger partial charge in [-0.25, -0.2) is 24.9 Å². The summed E-state index contributed by atoms with van der Waals surface area (Å²) in [6, 6.07) is 130. The molecule has 1 aliphatic carbocycles. The zero-order valence-electron chi connectivity index (χ0n) is 59.2. The Kier molecular flexibility index (Phi) is 14.4. The van der Waals surface area contributed by atoms with Crippen molar-refractivity contribution in [2.24, 2.45) is 0 Å². The number of hydrogen-bond donors (Lipinski definition) is 0. The number of aromatic nitrogens is 8. The van der Waals surface area contributed by atoms with Gasteiger partial charge in [0.05, 0.1) is 44.5 Å². The molecular weight excluding hydrogens is 1310 g/mol. The maximum absolute atomic E-state index is 5.61. The maximum Gasteiger partial charge on any atom is 0.165 e. The summed E-state index contributed by atoms with van der Waals surface area (Å²) in [5.41, 5.74) is 28.7. The number of fused-ring (bicyclic) bond motifs is 12. The van der Waals surface area contributed by atoms with E-state index in [2.05, 4.69) is 373 Å². The summed E-state index contributed by atoms with van der Waals surface area (Å²) in [7, 11) is 0. The summed E-state index contributed by atoms with van der Waals surface area (Å²) in [5.74, 6) is 2.43. The first-order valence-electron chi connectivity index (χ1n) is 36.9. The third-order valence-corrected chi connectivity index (χ3v) is 22.2. The van der Waals surface area contributed by atoms with Crippen molar-refractivity contribution >= 4 is 65.4 Å². The Morgan fingerprint density at radius 3 is 1.25 bits per heavy atom. The highest BCUT2D eigenvalue weighted by Gasteiger charge is 2.38. The lowest BCUT2D eigenvalue weighted by atomic mass is 9.81. The van der Waals surface area contributed by atoms with E-state index < -0.39 is 0 Å². The molecule has 15 aromatic carbocycles. The molecule has 0 saturated heterocycles. The fraction of sp³-hybridized carbons (Fsp3) is 0.0300. The van der Waals surface area contributed by atoms with Gasteiger partial charge in [0.2, 0.25) is 0 Å². The van der Waals surface area contributed by atoms with Crippen LogP contribution in [0, 0.1) is 0 Å². The molecule has 0 spiro atoms. The van der Waals surface area contributed by atoms with Crippen molar-refractivity contribution in [3.05, 3.63) is 375 Å². The number of para-hydroxylation sites is 6. The summed E-state index contributed by atoms with van der Waals surface area (Å²) >= 11 is 0. The van der Waals surface area contributed by atoms with E-state index in [-0.39, 0.29) is 5.41 Å². The summed E-state index contributed by atoms with van der Waals surface area (Å²) in [5, 5.41) is 6.99. The molecule has 0 atom stereocenters. The zero-order valence-corrected chi connectivity index (χ0v) is 59.2. The topological polar surface area (TPSA) is 79.2 Å². The molecule has 20 aromatic rings. The van der Waals surface area contributed by atoms with Gasteiger partial charge in [0.1, 0.15) is 0 Å². The van der Waals surface area contributed by atoms with Crippen molar-refractivity contribution in [3.8, 4) is 130 Å². The van der Waals surface area contributed by atoms with Crippen LogP contribution in [-0.4, -0.2) is 38.6 Å². The van der Waals surface area contributed by atoms with Crippen molar-refractivity contribution in [3.63, 3.8) is 0 Å². The first-order chi connectivity index (χ1) is 53.3. The Morgan fingerprint density at radius 2 is 0.630 bits per heavy atom. The van der Waals surface area contributed by atoms with Gasteiger partial charge in [-0.15, -0.1) is 0 Å². The van der Waals surface area contributed by atoms with E-state index >= 15 is 0 Å². The van der Waals surface area contributed by atoms with Crippen LogP contribution < -0.4 is 0 Å². The van der Waals surface area contributed by atoms with Crippen molar-refractivity contribution in [1.82, 2.24) is 38.6 Å². The second kappa shape index (κ2) is 25.0. The molecule has 0 N–H and O–H groups in total. The average Bonchev–Trinajstić information content (AvgIpc) is 1.54. The van der Waals surface area contributed by atoms with Crippen LogP contribution in [0.25, 0.3) is 195 Å².